The van der Waals surface area contributed by atoms with Gasteiger partial charge in [0.2, 0.25) is 0 Å². The average molecular weight is 438 g/mol. The molecule has 186 valence electrons. The van der Waals surface area contributed by atoms with E-state index in [-0.39, 0.29) is 0 Å². The predicted molar refractivity (Wildman–Crippen MR) is 140 cm³/mol. The second kappa shape index (κ2) is 14.2. The summed E-state index contributed by atoms with van der Waals surface area (Å²) in [5.41, 5.74) is 1.49. The largest absolute Gasteiger partial charge is 0.306 e. The molecule has 0 aromatic rings. The van der Waals surface area contributed by atoms with Gasteiger partial charge in [0.25, 0.3) is 0 Å². The molecule has 3 saturated heterocycles. The Morgan fingerprint density at radius 1 is 0.516 bits per heavy atom. The minimum absolute atomic E-state index is 0.695. The molecule has 0 aromatic heterocycles. The lowest BCUT2D eigenvalue weighted by Gasteiger charge is -2.41. The first-order chi connectivity index (χ1) is 14.8. The van der Waals surface area contributed by atoms with Crippen molar-refractivity contribution in [1.82, 2.24) is 14.7 Å². The molecule has 4 aliphatic rings. The van der Waals surface area contributed by atoms with Crippen LogP contribution >= 0.6 is 0 Å². The zero-order chi connectivity index (χ0) is 23.5. The van der Waals surface area contributed by atoms with E-state index in [0.29, 0.717) is 5.41 Å². The molecule has 3 nitrogen and oxygen atoms in total. The van der Waals surface area contributed by atoms with E-state index in [9.17, 15) is 0 Å². The number of likely N-dealkylation sites (tertiary alicyclic amines) is 3. The second-order valence-corrected chi connectivity index (χ2v) is 11.0. The maximum absolute atomic E-state index is 2.64. The van der Waals surface area contributed by atoms with E-state index in [1.165, 1.54) is 97.1 Å². The summed E-state index contributed by atoms with van der Waals surface area (Å²) >= 11 is 0. The van der Waals surface area contributed by atoms with Crippen molar-refractivity contribution in [2.75, 3.05) is 46.3 Å². The van der Waals surface area contributed by atoms with E-state index >= 15 is 0 Å². The Balaban J connectivity index is 0.000000268. The van der Waals surface area contributed by atoms with Crippen LogP contribution in [0.3, 0.4) is 0 Å². The first kappa shape index (κ1) is 28.9. The van der Waals surface area contributed by atoms with E-state index in [0.717, 1.165) is 17.5 Å². The standard InChI is InChI=1S/C12H24N2.C12H23N.2C2H6/c1-11(2)14-8-5-12(6-9-14)4-7-13(3)10-12;1-11(2)13-9-7-12(8-10-13)5-3-4-6-12;2*1-2/h11H,4-10H2,1-3H3;11H,3-10H2,1-2H3;2*1-2H3. The molecule has 1 aliphatic carbocycles. The summed E-state index contributed by atoms with van der Waals surface area (Å²) in [6.07, 6.45) is 13.3. The van der Waals surface area contributed by atoms with Crippen LogP contribution < -0.4 is 0 Å². The van der Waals surface area contributed by atoms with Crippen LogP contribution in [-0.2, 0) is 0 Å². The normalized spacial score (nSPS) is 25.6. The highest BCUT2D eigenvalue weighted by atomic mass is 15.2. The second-order valence-electron chi connectivity index (χ2n) is 11.0. The van der Waals surface area contributed by atoms with Crippen LogP contribution in [-0.4, -0.2) is 73.1 Å². The molecule has 3 aliphatic heterocycles. The summed E-state index contributed by atoms with van der Waals surface area (Å²) in [7, 11) is 2.27. The Bertz CT molecular complexity index is 435. The molecule has 0 bridgehead atoms. The van der Waals surface area contributed by atoms with Gasteiger partial charge in [0.15, 0.2) is 0 Å². The van der Waals surface area contributed by atoms with Gasteiger partial charge in [0.1, 0.15) is 0 Å². The Hall–Kier alpha value is -0.120. The van der Waals surface area contributed by atoms with Gasteiger partial charge in [-0.25, -0.2) is 0 Å². The Kier molecular flexibility index (Phi) is 13.3. The zero-order valence-electron chi connectivity index (χ0n) is 23.1. The van der Waals surface area contributed by atoms with Crippen LogP contribution in [0.1, 0.15) is 113 Å². The first-order valence-electron chi connectivity index (χ1n) is 14.0. The van der Waals surface area contributed by atoms with Crippen LogP contribution in [0.4, 0.5) is 0 Å². The lowest BCUT2D eigenvalue weighted by atomic mass is 9.77. The molecule has 0 radical (unpaired) electrons. The molecule has 0 N–H and O–H groups in total. The van der Waals surface area contributed by atoms with Crippen molar-refractivity contribution < 1.29 is 0 Å². The Labute approximate surface area is 197 Å². The lowest BCUT2D eigenvalue weighted by molar-refractivity contribution is 0.0871. The minimum Gasteiger partial charge on any atom is -0.306 e. The average Bonchev–Trinajstić information content (AvgIpc) is 3.39. The fourth-order valence-corrected chi connectivity index (χ4v) is 6.22. The predicted octanol–water partition coefficient (Wildman–Crippen LogP) is 6.92. The van der Waals surface area contributed by atoms with E-state index in [1.807, 2.05) is 27.7 Å². The molecule has 0 unspecified atom stereocenters. The summed E-state index contributed by atoms with van der Waals surface area (Å²) < 4.78 is 0. The van der Waals surface area contributed by atoms with Gasteiger partial charge < -0.3 is 14.7 Å². The molecule has 4 rings (SSSR count). The highest BCUT2D eigenvalue weighted by Gasteiger charge is 2.39. The topological polar surface area (TPSA) is 9.72 Å². The molecule has 2 spiro atoms. The molecule has 31 heavy (non-hydrogen) atoms. The molecular weight excluding hydrogens is 378 g/mol. The molecule has 4 fully saturated rings. The number of piperidine rings is 2. The monoisotopic (exact) mass is 437 g/mol. The highest BCUT2D eigenvalue weighted by molar-refractivity contribution is 4.93. The third kappa shape index (κ3) is 8.63. The van der Waals surface area contributed by atoms with Gasteiger partial charge in [-0.2, -0.15) is 0 Å². The summed E-state index contributed by atoms with van der Waals surface area (Å²) in [4.78, 5) is 7.78. The zero-order valence-corrected chi connectivity index (χ0v) is 23.1. The number of rotatable bonds is 2. The van der Waals surface area contributed by atoms with Crippen LogP contribution in [0, 0.1) is 10.8 Å². The smallest absolute Gasteiger partial charge is 0.00385 e. The maximum atomic E-state index is 2.64. The summed E-state index contributed by atoms with van der Waals surface area (Å²) in [5.74, 6) is 0. The summed E-state index contributed by atoms with van der Waals surface area (Å²) in [6, 6.07) is 1.50. The van der Waals surface area contributed by atoms with Gasteiger partial charge in [-0.1, -0.05) is 40.5 Å². The quantitative estimate of drug-likeness (QED) is 0.464. The number of hydrogen-bond donors (Lipinski definition) is 0. The van der Waals surface area contributed by atoms with Crippen molar-refractivity contribution in [3.8, 4) is 0 Å². The van der Waals surface area contributed by atoms with Crippen LogP contribution in [0.25, 0.3) is 0 Å². The number of nitrogens with zero attached hydrogens (tertiary/aromatic N) is 3. The van der Waals surface area contributed by atoms with Crippen molar-refractivity contribution in [1.29, 1.82) is 0 Å². The Morgan fingerprint density at radius 3 is 1.19 bits per heavy atom. The van der Waals surface area contributed by atoms with Crippen molar-refractivity contribution in [3.63, 3.8) is 0 Å². The van der Waals surface area contributed by atoms with Crippen LogP contribution in [0.2, 0.25) is 0 Å². The van der Waals surface area contributed by atoms with Gasteiger partial charge >= 0.3 is 0 Å². The first-order valence-corrected chi connectivity index (χ1v) is 14.0. The third-order valence-corrected chi connectivity index (χ3v) is 8.47. The van der Waals surface area contributed by atoms with E-state index in [2.05, 4.69) is 49.4 Å². The molecule has 3 heterocycles. The molecule has 0 aromatic carbocycles. The van der Waals surface area contributed by atoms with Gasteiger partial charge in [-0.15, -0.1) is 0 Å². The lowest BCUT2D eigenvalue weighted by Crippen LogP contribution is -2.44. The van der Waals surface area contributed by atoms with E-state index < -0.39 is 0 Å². The van der Waals surface area contributed by atoms with Crippen molar-refractivity contribution in [2.45, 2.75) is 125 Å². The molecule has 0 amide bonds. The third-order valence-electron chi connectivity index (χ3n) is 8.47. The van der Waals surface area contributed by atoms with Crippen molar-refractivity contribution in [3.05, 3.63) is 0 Å². The van der Waals surface area contributed by atoms with E-state index in [1.54, 1.807) is 0 Å². The SMILES string of the molecule is CC.CC.CC(C)N1CCC2(CCCC2)CC1.CC(C)N1CCC2(CCN(C)C2)CC1. The van der Waals surface area contributed by atoms with Gasteiger partial charge in [-0.3, -0.25) is 0 Å². The number of hydrogen-bond acceptors (Lipinski definition) is 3. The van der Waals surface area contributed by atoms with Crippen molar-refractivity contribution in [2.24, 2.45) is 10.8 Å². The van der Waals surface area contributed by atoms with Gasteiger partial charge in [-0.05, 0) is 123 Å². The Morgan fingerprint density at radius 2 is 0.871 bits per heavy atom. The van der Waals surface area contributed by atoms with Crippen LogP contribution in [0.5, 0.6) is 0 Å². The van der Waals surface area contributed by atoms with Gasteiger partial charge in [0, 0.05) is 18.6 Å². The molecular formula is C28H59N3. The van der Waals surface area contributed by atoms with E-state index in [4.69, 9.17) is 0 Å². The van der Waals surface area contributed by atoms with Crippen LogP contribution in [0.15, 0.2) is 0 Å². The highest BCUT2D eigenvalue weighted by Crippen LogP contribution is 2.46. The molecule has 1 saturated carbocycles. The fraction of sp³-hybridized carbons (Fsp3) is 1.00. The summed E-state index contributed by atoms with van der Waals surface area (Å²) in [6.45, 7) is 25.3. The maximum Gasteiger partial charge on any atom is 0.00385 e. The molecule has 0 atom stereocenters. The minimum atomic E-state index is 0.695. The summed E-state index contributed by atoms with van der Waals surface area (Å²) in [5, 5.41) is 0. The fourth-order valence-electron chi connectivity index (χ4n) is 6.22. The van der Waals surface area contributed by atoms with Crippen molar-refractivity contribution >= 4 is 0 Å². The molecule has 3 heteroatoms. The van der Waals surface area contributed by atoms with Gasteiger partial charge in [0.05, 0.1) is 0 Å².